The number of methoxy groups -OCH3 is 1. The molecule has 3 N–H and O–H groups in total. The van der Waals surface area contributed by atoms with Crippen LogP contribution >= 0.6 is 0 Å². The second-order valence-corrected chi connectivity index (χ2v) is 11.9. The van der Waals surface area contributed by atoms with E-state index in [-0.39, 0.29) is 5.41 Å². The van der Waals surface area contributed by atoms with Crippen LogP contribution in [0.4, 0.5) is 0 Å². The van der Waals surface area contributed by atoms with Crippen molar-refractivity contribution in [2.24, 2.45) is 26.3 Å². The van der Waals surface area contributed by atoms with Gasteiger partial charge in [0, 0.05) is 46.3 Å². The molecule has 0 radical (unpaired) electrons. The van der Waals surface area contributed by atoms with Gasteiger partial charge in [-0.2, -0.15) is 0 Å². The Morgan fingerprint density at radius 2 is 1.61 bits per heavy atom. The predicted molar refractivity (Wildman–Crippen MR) is 209 cm³/mol. The fraction of sp³-hybridized carbons (Fsp3) is 0.711. The van der Waals surface area contributed by atoms with Gasteiger partial charge in [0.15, 0.2) is 0 Å². The monoisotopic (exact) mass is 646 g/mol. The zero-order valence-electron chi connectivity index (χ0n) is 32.9. The Kier molecular flexibility index (Phi) is 32.3. The molecule has 0 aliphatic carbocycles. The highest BCUT2D eigenvalue weighted by molar-refractivity contribution is 5.84. The van der Waals surface area contributed by atoms with E-state index >= 15 is 0 Å². The molecule has 2 atom stereocenters. The molecule has 46 heavy (non-hydrogen) atoms. The Morgan fingerprint density at radius 3 is 2.04 bits per heavy atom. The number of nitrogens with one attached hydrogen (secondary N) is 3. The van der Waals surface area contributed by atoms with E-state index in [1.807, 2.05) is 21.0 Å². The van der Waals surface area contributed by atoms with Crippen LogP contribution in [0.3, 0.4) is 0 Å². The second-order valence-electron chi connectivity index (χ2n) is 11.9. The molecule has 0 amide bonds. The summed E-state index contributed by atoms with van der Waals surface area (Å²) in [5, 5.41) is 9.56. The molecule has 0 spiro atoms. The van der Waals surface area contributed by atoms with Crippen LogP contribution in [0.15, 0.2) is 61.7 Å². The summed E-state index contributed by atoms with van der Waals surface area (Å²) in [7, 11) is 9.47. The number of guanidine groups is 1. The van der Waals surface area contributed by atoms with Crippen molar-refractivity contribution >= 4 is 18.5 Å². The van der Waals surface area contributed by atoms with Crippen molar-refractivity contribution in [2.45, 2.75) is 101 Å². The largest absolute Gasteiger partial charge is 0.384 e. The number of hydrogen-bond acceptors (Lipinski definition) is 5. The number of likely N-dealkylation sites (N-methyl/N-ethyl adjacent to an activating group) is 1. The summed E-state index contributed by atoms with van der Waals surface area (Å²) in [6.07, 6.45) is 14.7. The maximum Gasteiger partial charge on any atom is 0.217 e. The molecule has 0 aliphatic heterocycles. The number of amidine groups is 1. The molecule has 268 valence electrons. The van der Waals surface area contributed by atoms with Crippen molar-refractivity contribution in [1.29, 1.82) is 0 Å². The van der Waals surface area contributed by atoms with Crippen molar-refractivity contribution in [3.63, 3.8) is 0 Å². The fourth-order valence-corrected chi connectivity index (χ4v) is 4.79. The SMILES string of the molecule is C/C=C(C)\C(=C/CC)C(CC)CCNC.C=NC(=NC)NCC=C(C)[C@](C)(COC)CN(C)C(C)=N/C(=C\CC)CNC.CCC. The van der Waals surface area contributed by atoms with Crippen LogP contribution in [-0.4, -0.2) is 91.5 Å². The molecule has 8 nitrogen and oxygen atoms in total. The van der Waals surface area contributed by atoms with Crippen molar-refractivity contribution in [3.8, 4) is 0 Å². The highest BCUT2D eigenvalue weighted by atomic mass is 16.5. The molecule has 0 bridgehead atoms. The summed E-state index contributed by atoms with van der Waals surface area (Å²) in [5.41, 5.74) is 5.14. The molecule has 0 heterocycles. The molecule has 0 aromatic carbocycles. The molecule has 0 saturated carbocycles. The molecule has 8 heteroatoms. The quantitative estimate of drug-likeness (QED) is 0.0608. The fourth-order valence-electron chi connectivity index (χ4n) is 4.79. The normalized spacial score (nSPS) is 15.2. The van der Waals surface area contributed by atoms with Gasteiger partial charge in [-0.25, -0.2) is 9.98 Å². The Bertz CT molecular complexity index is 962. The zero-order valence-corrected chi connectivity index (χ0v) is 32.9. The predicted octanol–water partition coefficient (Wildman–Crippen LogP) is 8.07. The van der Waals surface area contributed by atoms with E-state index in [0.29, 0.717) is 25.0 Å². The molecule has 0 rings (SSSR count). The third-order valence-electron chi connectivity index (χ3n) is 7.67. The van der Waals surface area contributed by atoms with Crippen LogP contribution < -0.4 is 16.0 Å². The maximum absolute atomic E-state index is 5.54. The number of aliphatic imine (C=N–C) groups is 3. The molecule has 0 aromatic rings. The molecular formula is C38H75N7O. The molecule has 0 fully saturated rings. The number of hydrogen-bond donors (Lipinski definition) is 3. The summed E-state index contributed by atoms with van der Waals surface area (Å²) in [6, 6.07) is 0. The Morgan fingerprint density at radius 1 is 1.00 bits per heavy atom. The summed E-state index contributed by atoms with van der Waals surface area (Å²) in [4.78, 5) is 14.8. The van der Waals surface area contributed by atoms with E-state index in [2.05, 4.69) is 131 Å². The van der Waals surface area contributed by atoms with Crippen LogP contribution in [0.2, 0.25) is 0 Å². The highest BCUT2D eigenvalue weighted by Crippen LogP contribution is 2.28. The van der Waals surface area contributed by atoms with Crippen LogP contribution in [0.1, 0.15) is 101 Å². The molecule has 0 saturated heterocycles. The van der Waals surface area contributed by atoms with Crippen molar-refractivity contribution in [1.82, 2.24) is 20.9 Å². The van der Waals surface area contributed by atoms with Crippen LogP contribution in [0, 0.1) is 11.3 Å². The van der Waals surface area contributed by atoms with Gasteiger partial charge in [-0.1, -0.05) is 83.4 Å². The Balaban J connectivity index is -0.000000859. The summed E-state index contributed by atoms with van der Waals surface area (Å²) >= 11 is 0. The van der Waals surface area contributed by atoms with Gasteiger partial charge in [0.05, 0.1) is 12.3 Å². The van der Waals surface area contributed by atoms with Gasteiger partial charge in [0.2, 0.25) is 5.96 Å². The van der Waals surface area contributed by atoms with E-state index in [4.69, 9.17) is 9.73 Å². The lowest BCUT2D eigenvalue weighted by atomic mass is 9.82. The number of allylic oxidation sites excluding steroid dienone is 5. The van der Waals surface area contributed by atoms with Gasteiger partial charge in [0.25, 0.3) is 0 Å². The smallest absolute Gasteiger partial charge is 0.217 e. The van der Waals surface area contributed by atoms with Gasteiger partial charge in [-0.05, 0) is 92.2 Å². The van der Waals surface area contributed by atoms with Crippen LogP contribution in [0.5, 0.6) is 0 Å². The van der Waals surface area contributed by atoms with E-state index in [9.17, 15) is 0 Å². The van der Waals surface area contributed by atoms with Gasteiger partial charge in [-0.3, -0.25) is 4.99 Å². The van der Waals surface area contributed by atoms with E-state index < -0.39 is 0 Å². The second kappa shape index (κ2) is 31.1. The third kappa shape index (κ3) is 22.1. The summed E-state index contributed by atoms with van der Waals surface area (Å²) < 4.78 is 5.54. The first-order chi connectivity index (χ1) is 21.9. The van der Waals surface area contributed by atoms with Gasteiger partial charge in [0.1, 0.15) is 5.84 Å². The maximum atomic E-state index is 5.54. The summed E-state index contributed by atoms with van der Waals surface area (Å²) in [5.74, 6) is 2.24. The number of rotatable bonds is 18. The van der Waals surface area contributed by atoms with Crippen LogP contribution in [-0.2, 0) is 4.74 Å². The van der Waals surface area contributed by atoms with Crippen molar-refractivity contribution in [3.05, 3.63) is 46.7 Å². The average molecular weight is 646 g/mol. The lowest BCUT2D eigenvalue weighted by Crippen LogP contribution is -2.40. The lowest BCUT2D eigenvalue weighted by molar-refractivity contribution is 0.102. The number of nitrogens with zero attached hydrogens (tertiary/aromatic N) is 4. The average Bonchev–Trinajstić information content (AvgIpc) is 3.03. The van der Waals surface area contributed by atoms with E-state index in [1.54, 1.807) is 19.7 Å². The first-order valence-corrected chi connectivity index (χ1v) is 17.3. The standard InChI is InChI=1S/C21H40N6O.C14H27N.C3H8/c1-10-11-19(14-22-5)26-18(3)27(8)15-21(4,16-28-9)17(2)12-13-25-20(23-6)24-7;1-6-9-14(12(4)7-2)13(8-3)10-11-15-5;1-3-2/h11-12,22H,6,10,13-16H2,1-5,7-9H3,(H,24,25);7,9,13,15H,6,8,10-11H2,1-5H3;3H2,1-2H3/b17-12?,19-11-,26-18?;12-7-,14-9+;/t21-;;/m0../s1. The van der Waals surface area contributed by atoms with Gasteiger partial charge >= 0.3 is 0 Å². The number of ether oxygens (including phenoxy) is 1. The molecular weight excluding hydrogens is 570 g/mol. The third-order valence-corrected chi connectivity index (χ3v) is 7.67. The minimum absolute atomic E-state index is 0.148. The van der Waals surface area contributed by atoms with E-state index in [0.717, 1.165) is 44.0 Å². The topological polar surface area (TPSA) is 85.6 Å². The molecule has 0 aromatic heterocycles. The zero-order chi connectivity index (χ0) is 36.0. The van der Waals surface area contributed by atoms with Gasteiger partial charge < -0.3 is 25.6 Å². The van der Waals surface area contributed by atoms with Crippen LogP contribution in [0.25, 0.3) is 0 Å². The first-order valence-electron chi connectivity index (χ1n) is 17.3. The molecule has 1 unspecified atom stereocenters. The Labute approximate surface area is 286 Å². The summed E-state index contributed by atoms with van der Waals surface area (Å²) in [6.45, 7) is 29.1. The van der Waals surface area contributed by atoms with Gasteiger partial charge in [-0.15, -0.1) is 0 Å². The molecule has 0 aliphatic rings. The highest BCUT2D eigenvalue weighted by Gasteiger charge is 2.28. The minimum atomic E-state index is -0.148. The minimum Gasteiger partial charge on any atom is -0.384 e. The van der Waals surface area contributed by atoms with Crippen molar-refractivity contribution < 1.29 is 4.74 Å². The Hall–Kier alpha value is -2.55. The lowest BCUT2D eigenvalue weighted by Gasteiger charge is -2.35. The van der Waals surface area contributed by atoms with Crippen molar-refractivity contribution in [2.75, 3.05) is 68.1 Å². The first kappa shape index (κ1) is 47.9. The van der Waals surface area contributed by atoms with E-state index in [1.165, 1.54) is 30.4 Å².